The first kappa shape index (κ1) is 15.5. The molecule has 2 aliphatic rings. The van der Waals surface area contributed by atoms with Crippen LogP contribution < -0.4 is 10.6 Å². The third-order valence-corrected chi connectivity index (χ3v) is 5.12. The lowest BCUT2D eigenvalue weighted by Crippen LogP contribution is -2.42. The van der Waals surface area contributed by atoms with Gasteiger partial charge in [-0.3, -0.25) is 0 Å². The highest BCUT2D eigenvalue weighted by atomic mass is 19.4. The fourth-order valence-corrected chi connectivity index (χ4v) is 4.01. The van der Waals surface area contributed by atoms with Crippen LogP contribution in [0.15, 0.2) is 48.5 Å². The summed E-state index contributed by atoms with van der Waals surface area (Å²) >= 11 is 0. The maximum absolute atomic E-state index is 13.1. The van der Waals surface area contributed by atoms with Crippen molar-refractivity contribution in [3.63, 3.8) is 0 Å². The van der Waals surface area contributed by atoms with Gasteiger partial charge in [0.2, 0.25) is 0 Å². The Morgan fingerprint density at radius 2 is 1.75 bits per heavy atom. The molecule has 1 fully saturated rings. The number of nitrogens with one attached hydrogen (secondary N) is 2. The van der Waals surface area contributed by atoms with Crippen molar-refractivity contribution in [1.29, 1.82) is 0 Å². The predicted molar refractivity (Wildman–Crippen MR) is 87.7 cm³/mol. The maximum Gasteiger partial charge on any atom is 0.416 e. The lowest BCUT2D eigenvalue weighted by atomic mass is 9.75. The van der Waals surface area contributed by atoms with E-state index in [-0.39, 0.29) is 18.0 Å². The second-order valence-electron chi connectivity index (χ2n) is 6.57. The number of benzene rings is 2. The Morgan fingerprint density at radius 3 is 2.50 bits per heavy atom. The van der Waals surface area contributed by atoms with E-state index >= 15 is 0 Å². The van der Waals surface area contributed by atoms with E-state index in [9.17, 15) is 13.2 Å². The Balaban J connectivity index is 1.77. The highest BCUT2D eigenvalue weighted by Gasteiger charge is 2.40. The van der Waals surface area contributed by atoms with Gasteiger partial charge in [-0.15, -0.1) is 0 Å². The largest absolute Gasteiger partial charge is 0.416 e. The molecule has 1 saturated heterocycles. The van der Waals surface area contributed by atoms with Crippen molar-refractivity contribution in [3.8, 4) is 0 Å². The second kappa shape index (κ2) is 5.81. The van der Waals surface area contributed by atoms with Crippen LogP contribution in [0.25, 0.3) is 0 Å². The molecule has 2 nitrogen and oxygen atoms in total. The topological polar surface area (TPSA) is 24.1 Å². The van der Waals surface area contributed by atoms with Crippen LogP contribution in [0.3, 0.4) is 0 Å². The molecule has 0 bridgehead atoms. The number of anilines is 1. The second-order valence-corrected chi connectivity index (χ2v) is 6.57. The smallest absolute Gasteiger partial charge is 0.378 e. The van der Waals surface area contributed by atoms with Crippen molar-refractivity contribution >= 4 is 5.69 Å². The third-order valence-electron chi connectivity index (χ3n) is 5.12. The van der Waals surface area contributed by atoms with Gasteiger partial charge in [0.25, 0.3) is 0 Å². The molecule has 24 heavy (non-hydrogen) atoms. The van der Waals surface area contributed by atoms with E-state index < -0.39 is 11.7 Å². The zero-order valence-electron chi connectivity index (χ0n) is 13.1. The molecule has 0 aromatic heterocycles. The van der Waals surface area contributed by atoms with Crippen molar-refractivity contribution in [1.82, 2.24) is 5.32 Å². The molecule has 2 aromatic carbocycles. The normalized spacial score (nSPS) is 26.2. The van der Waals surface area contributed by atoms with Gasteiger partial charge >= 0.3 is 6.18 Å². The van der Waals surface area contributed by atoms with Gasteiger partial charge in [-0.2, -0.15) is 13.2 Å². The Bertz CT molecular complexity index is 727. The number of hydrogen-bond acceptors (Lipinski definition) is 2. The lowest BCUT2D eigenvalue weighted by Gasteiger charge is -2.44. The van der Waals surface area contributed by atoms with Crippen LogP contribution in [-0.4, -0.2) is 6.54 Å². The Kier molecular flexibility index (Phi) is 3.76. The molecule has 0 spiro atoms. The van der Waals surface area contributed by atoms with Gasteiger partial charge in [0.1, 0.15) is 0 Å². The van der Waals surface area contributed by atoms with Gasteiger partial charge in [-0.05, 0) is 48.7 Å². The summed E-state index contributed by atoms with van der Waals surface area (Å²) in [5, 5.41) is 6.93. The SMILES string of the molecule is FC(F)(F)c1ccc2c(c1)[C@H]1NCCC[C@H]1[C@H](c1ccccc1)N2. The Labute approximate surface area is 139 Å². The van der Waals surface area contributed by atoms with Crippen LogP contribution in [-0.2, 0) is 6.18 Å². The van der Waals surface area contributed by atoms with Crippen molar-refractivity contribution < 1.29 is 13.2 Å². The minimum atomic E-state index is -4.31. The first-order chi connectivity index (χ1) is 11.5. The van der Waals surface area contributed by atoms with Crippen LogP contribution in [0.4, 0.5) is 18.9 Å². The van der Waals surface area contributed by atoms with Crippen molar-refractivity contribution in [2.45, 2.75) is 31.1 Å². The molecule has 0 saturated carbocycles. The fourth-order valence-electron chi connectivity index (χ4n) is 4.01. The molecule has 0 amide bonds. The molecule has 5 heteroatoms. The number of rotatable bonds is 1. The first-order valence-electron chi connectivity index (χ1n) is 8.30. The van der Waals surface area contributed by atoms with Gasteiger partial charge < -0.3 is 10.6 Å². The summed E-state index contributed by atoms with van der Waals surface area (Å²) in [6.07, 6.45) is -2.27. The summed E-state index contributed by atoms with van der Waals surface area (Å²) in [6, 6.07) is 14.3. The number of fused-ring (bicyclic) bond motifs is 3. The van der Waals surface area contributed by atoms with E-state index in [1.807, 2.05) is 18.2 Å². The van der Waals surface area contributed by atoms with Crippen LogP contribution in [0, 0.1) is 5.92 Å². The minimum absolute atomic E-state index is 0.0393. The third kappa shape index (κ3) is 2.67. The number of halogens is 3. The van der Waals surface area contributed by atoms with Gasteiger partial charge in [0.05, 0.1) is 11.6 Å². The van der Waals surface area contributed by atoms with E-state index in [0.29, 0.717) is 0 Å². The Hall–Kier alpha value is -2.01. The lowest BCUT2D eigenvalue weighted by molar-refractivity contribution is -0.137. The molecule has 2 N–H and O–H groups in total. The van der Waals surface area contributed by atoms with E-state index in [2.05, 4.69) is 22.8 Å². The maximum atomic E-state index is 13.1. The van der Waals surface area contributed by atoms with Crippen LogP contribution in [0.1, 0.15) is 41.6 Å². The average molecular weight is 332 g/mol. The van der Waals surface area contributed by atoms with Gasteiger partial charge in [0, 0.05) is 17.6 Å². The molecule has 3 atom stereocenters. The van der Waals surface area contributed by atoms with Gasteiger partial charge in [-0.25, -0.2) is 0 Å². The van der Waals surface area contributed by atoms with Crippen LogP contribution >= 0.6 is 0 Å². The van der Waals surface area contributed by atoms with Crippen molar-refractivity contribution in [2.75, 3.05) is 11.9 Å². The van der Waals surface area contributed by atoms with E-state index in [0.717, 1.165) is 36.7 Å². The average Bonchev–Trinajstić information content (AvgIpc) is 2.60. The summed E-state index contributed by atoms with van der Waals surface area (Å²) in [4.78, 5) is 0. The summed E-state index contributed by atoms with van der Waals surface area (Å²) < 4.78 is 39.2. The predicted octanol–water partition coefficient (Wildman–Crippen LogP) is 4.91. The minimum Gasteiger partial charge on any atom is -0.378 e. The zero-order chi connectivity index (χ0) is 16.7. The van der Waals surface area contributed by atoms with Crippen molar-refractivity contribution in [3.05, 3.63) is 65.2 Å². The molecule has 2 heterocycles. The molecule has 4 rings (SSSR count). The molecule has 0 radical (unpaired) electrons. The summed E-state index contributed by atoms with van der Waals surface area (Å²) in [5.41, 5.74) is 2.14. The highest BCUT2D eigenvalue weighted by Crippen LogP contribution is 2.47. The zero-order valence-corrected chi connectivity index (χ0v) is 13.1. The summed E-state index contributed by atoms with van der Waals surface area (Å²) in [5.74, 6) is 0.247. The molecule has 0 aliphatic carbocycles. The number of hydrogen-bond donors (Lipinski definition) is 2. The molecular weight excluding hydrogens is 313 g/mol. The van der Waals surface area contributed by atoms with E-state index in [1.54, 1.807) is 6.07 Å². The molecule has 2 aromatic rings. The van der Waals surface area contributed by atoms with E-state index in [4.69, 9.17) is 0 Å². The van der Waals surface area contributed by atoms with Crippen molar-refractivity contribution in [2.24, 2.45) is 5.92 Å². The number of alkyl halides is 3. The monoisotopic (exact) mass is 332 g/mol. The summed E-state index contributed by atoms with van der Waals surface area (Å²) in [6.45, 7) is 0.846. The fraction of sp³-hybridized carbons (Fsp3) is 0.368. The quantitative estimate of drug-likeness (QED) is 0.775. The van der Waals surface area contributed by atoms with Crippen LogP contribution in [0.5, 0.6) is 0 Å². The molecular formula is C19H19F3N2. The van der Waals surface area contributed by atoms with Gasteiger partial charge in [0.15, 0.2) is 0 Å². The highest BCUT2D eigenvalue weighted by molar-refractivity contribution is 5.59. The Morgan fingerprint density at radius 1 is 0.958 bits per heavy atom. The molecule has 0 unspecified atom stereocenters. The number of piperidine rings is 1. The van der Waals surface area contributed by atoms with Crippen LogP contribution in [0.2, 0.25) is 0 Å². The standard InChI is InChI=1S/C19H19F3N2/c20-19(21,22)13-8-9-16-15(11-13)18-14(7-4-10-23-18)17(24-16)12-5-2-1-3-6-12/h1-3,5-6,8-9,11,14,17-18,23-24H,4,7,10H2/t14-,17-,18-/m0/s1. The molecule has 2 aliphatic heterocycles. The van der Waals surface area contributed by atoms with Gasteiger partial charge in [-0.1, -0.05) is 30.3 Å². The summed E-state index contributed by atoms with van der Waals surface area (Å²) in [7, 11) is 0. The molecule has 126 valence electrons. The first-order valence-corrected chi connectivity index (χ1v) is 8.30. The van der Waals surface area contributed by atoms with E-state index in [1.165, 1.54) is 11.6 Å².